The maximum atomic E-state index is 4.99. The van der Waals surface area contributed by atoms with E-state index in [0.29, 0.717) is 0 Å². The third-order valence-electron chi connectivity index (χ3n) is 5.65. The number of aryl methyl sites for hydroxylation is 1. The van der Waals surface area contributed by atoms with Gasteiger partial charge in [-0.1, -0.05) is 31.2 Å². The molecule has 0 amide bonds. The Balaban J connectivity index is 1.74. The number of H-pyrrole nitrogens is 2. The number of aromatic nitrogens is 4. The first-order chi connectivity index (χ1) is 14.7. The molecular formula is C26H20N4. The van der Waals surface area contributed by atoms with E-state index in [2.05, 4.69) is 83.6 Å². The molecule has 0 aliphatic carbocycles. The van der Waals surface area contributed by atoms with Gasteiger partial charge in [0.15, 0.2) is 0 Å². The predicted molar refractivity (Wildman–Crippen MR) is 124 cm³/mol. The molecule has 4 nitrogen and oxygen atoms in total. The molecule has 6 rings (SSSR count). The zero-order valence-electron chi connectivity index (χ0n) is 16.6. The number of rotatable bonds is 1. The maximum absolute atomic E-state index is 4.99. The number of hydrogen-bond donors (Lipinski definition) is 2. The molecule has 5 heterocycles. The minimum Gasteiger partial charge on any atom is -0.355 e. The average Bonchev–Trinajstić information content (AvgIpc) is 3.52. The van der Waals surface area contributed by atoms with Crippen molar-refractivity contribution in [2.24, 2.45) is 0 Å². The van der Waals surface area contributed by atoms with Crippen LogP contribution in [0.15, 0.2) is 66.7 Å². The van der Waals surface area contributed by atoms with Gasteiger partial charge in [0, 0.05) is 33.2 Å². The highest BCUT2D eigenvalue weighted by Gasteiger charge is 2.15. The standard InChI is InChI=1S/C26H20N4/c1-2-16-11-21-13-19-8-7-17(27-19)12-18-9-10-20(28-18)14-25-22-5-3-4-6-23(22)26(30-25)15-24(16)29-21/h3-15,28-29H,2H2,1H3. The van der Waals surface area contributed by atoms with Gasteiger partial charge in [-0.05, 0) is 66.6 Å². The highest BCUT2D eigenvalue weighted by Crippen LogP contribution is 2.35. The molecule has 0 saturated carbocycles. The zero-order valence-corrected chi connectivity index (χ0v) is 16.6. The molecule has 3 aromatic heterocycles. The number of nitrogens with one attached hydrogen (secondary N) is 2. The minimum atomic E-state index is 0.940. The molecule has 0 saturated heterocycles. The van der Waals surface area contributed by atoms with E-state index in [1.807, 2.05) is 12.2 Å². The summed E-state index contributed by atoms with van der Waals surface area (Å²) in [4.78, 5) is 16.7. The van der Waals surface area contributed by atoms with Crippen molar-refractivity contribution >= 4 is 34.2 Å². The van der Waals surface area contributed by atoms with Crippen molar-refractivity contribution in [3.05, 3.63) is 83.7 Å². The molecule has 2 aliphatic rings. The third-order valence-corrected chi connectivity index (χ3v) is 5.65. The summed E-state index contributed by atoms with van der Waals surface area (Å²) >= 11 is 0. The number of fused-ring (bicyclic) bond motifs is 11. The normalized spacial score (nSPS) is 12.2. The molecule has 4 heteroatoms. The van der Waals surface area contributed by atoms with Gasteiger partial charge in [-0.2, -0.15) is 0 Å². The Morgan fingerprint density at radius 3 is 2.07 bits per heavy atom. The summed E-state index contributed by atoms with van der Waals surface area (Å²) in [5.74, 6) is 0. The van der Waals surface area contributed by atoms with Crippen LogP contribution < -0.4 is 0 Å². The van der Waals surface area contributed by atoms with Crippen LogP contribution in [0.5, 0.6) is 0 Å². The molecule has 1 aromatic carbocycles. The third kappa shape index (κ3) is 2.85. The molecule has 0 spiro atoms. The lowest BCUT2D eigenvalue weighted by molar-refractivity contribution is 1.16. The van der Waals surface area contributed by atoms with Crippen LogP contribution in [0, 0.1) is 0 Å². The van der Waals surface area contributed by atoms with Crippen molar-refractivity contribution in [2.75, 3.05) is 0 Å². The van der Waals surface area contributed by atoms with E-state index in [0.717, 1.165) is 62.4 Å². The van der Waals surface area contributed by atoms with E-state index in [4.69, 9.17) is 9.97 Å². The summed E-state index contributed by atoms with van der Waals surface area (Å²) in [7, 11) is 0. The van der Waals surface area contributed by atoms with E-state index in [-0.39, 0.29) is 0 Å². The van der Waals surface area contributed by atoms with E-state index in [1.165, 1.54) is 5.56 Å². The van der Waals surface area contributed by atoms with Crippen LogP contribution in [0.25, 0.3) is 56.7 Å². The van der Waals surface area contributed by atoms with Crippen LogP contribution in [0.4, 0.5) is 0 Å². The summed E-state index contributed by atoms with van der Waals surface area (Å²) in [5, 5.41) is 0. The molecule has 0 unspecified atom stereocenters. The number of hydrogen-bond acceptors (Lipinski definition) is 2. The molecule has 4 aromatic rings. The lowest BCUT2D eigenvalue weighted by atomic mass is 10.0. The van der Waals surface area contributed by atoms with Crippen molar-refractivity contribution in [1.82, 2.24) is 19.9 Å². The largest absolute Gasteiger partial charge is 0.355 e. The average molecular weight is 388 g/mol. The van der Waals surface area contributed by atoms with Crippen molar-refractivity contribution in [3.63, 3.8) is 0 Å². The van der Waals surface area contributed by atoms with Crippen LogP contribution in [0.1, 0.15) is 23.9 Å². The molecule has 2 aliphatic heterocycles. The Kier molecular flexibility index (Phi) is 3.71. The fraction of sp³-hybridized carbons (Fsp3) is 0.0769. The van der Waals surface area contributed by atoms with Crippen molar-refractivity contribution in [2.45, 2.75) is 13.3 Å². The van der Waals surface area contributed by atoms with Crippen LogP contribution in [-0.2, 0) is 6.42 Å². The summed E-state index contributed by atoms with van der Waals surface area (Å²) in [6, 6.07) is 23.2. The SMILES string of the molecule is CCc1cc2cc3nc(cc4ccc(cc5nc(cc1[nH]2)-c1ccccc1-5)[nH]4)C=C3. The van der Waals surface area contributed by atoms with E-state index in [9.17, 15) is 0 Å². The van der Waals surface area contributed by atoms with E-state index < -0.39 is 0 Å². The first-order valence-corrected chi connectivity index (χ1v) is 10.2. The van der Waals surface area contributed by atoms with Crippen LogP contribution in [0.3, 0.4) is 0 Å². The molecule has 8 bridgehead atoms. The quantitative estimate of drug-likeness (QED) is 0.343. The van der Waals surface area contributed by atoms with Gasteiger partial charge < -0.3 is 9.97 Å². The highest BCUT2D eigenvalue weighted by atomic mass is 14.8. The molecule has 144 valence electrons. The molecule has 0 atom stereocenters. The maximum Gasteiger partial charge on any atom is 0.0737 e. The van der Waals surface area contributed by atoms with E-state index in [1.54, 1.807) is 0 Å². The summed E-state index contributed by atoms with van der Waals surface area (Å²) in [6.07, 6.45) is 5.04. The molecule has 0 radical (unpaired) electrons. The van der Waals surface area contributed by atoms with Gasteiger partial charge >= 0.3 is 0 Å². The fourth-order valence-electron chi connectivity index (χ4n) is 4.19. The predicted octanol–water partition coefficient (Wildman–Crippen LogP) is 6.38. The first-order valence-electron chi connectivity index (χ1n) is 10.2. The second kappa shape index (κ2) is 6.56. The van der Waals surface area contributed by atoms with Gasteiger partial charge in [-0.25, -0.2) is 9.97 Å². The first kappa shape index (κ1) is 17.0. The number of benzene rings is 1. The van der Waals surface area contributed by atoms with Gasteiger partial charge in [0.2, 0.25) is 0 Å². The Labute approximate surface area is 174 Å². The minimum absolute atomic E-state index is 0.940. The van der Waals surface area contributed by atoms with Crippen molar-refractivity contribution in [1.29, 1.82) is 0 Å². The molecule has 30 heavy (non-hydrogen) atoms. The highest BCUT2D eigenvalue weighted by molar-refractivity contribution is 5.88. The van der Waals surface area contributed by atoms with Gasteiger partial charge in [-0.15, -0.1) is 0 Å². The van der Waals surface area contributed by atoms with Crippen molar-refractivity contribution in [3.8, 4) is 22.5 Å². The monoisotopic (exact) mass is 388 g/mol. The Morgan fingerprint density at radius 1 is 0.667 bits per heavy atom. The lowest BCUT2D eigenvalue weighted by Gasteiger charge is -1.97. The summed E-state index contributed by atoms with van der Waals surface area (Å²) < 4.78 is 0. The van der Waals surface area contributed by atoms with Crippen LogP contribution in [0.2, 0.25) is 0 Å². The van der Waals surface area contributed by atoms with Gasteiger partial charge in [0.05, 0.1) is 22.8 Å². The second-order valence-electron chi connectivity index (χ2n) is 7.69. The summed E-state index contributed by atoms with van der Waals surface area (Å²) in [6.45, 7) is 2.18. The molecule has 0 fully saturated rings. The summed E-state index contributed by atoms with van der Waals surface area (Å²) in [5.41, 5.74) is 11.6. The Morgan fingerprint density at radius 2 is 1.33 bits per heavy atom. The van der Waals surface area contributed by atoms with Crippen molar-refractivity contribution < 1.29 is 0 Å². The fourth-order valence-corrected chi connectivity index (χ4v) is 4.19. The van der Waals surface area contributed by atoms with Crippen LogP contribution >= 0.6 is 0 Å². The number of nitrogens with zero attached hydrogens (tertiary/aromatic N) is 2. The Bertz CT molecular complexity index is 1480. The van der Waals surface area contributed by atoms with Gasteiger partial charge in [0.25, 0.3) is 0 Å². The van der Waals surface area contributed by atoms with E-state index >= 15 is 0 Å². The van der Waals surface area contributed by atoms with Crippen LogP contribution in [-0.4, -0.2) is 19.9 Å². The lowest BCUT2D eigenvalue weighted by Crippen LogP contribution is -1.77. The Hall–Kier alpha value is -3.92. The zero-order chi connectivity index (χ0) is 20.1. The van der Waals surface area contributed by atoms with Gasteiger partial charge in [-0.3, -0.25) is 0 Å². The molecular weight excluding hydrogens is 368 g/mol. The second-order valence-corrected chi connectivity index (χ2v) is 7.69. The smallest absolute Gasteiger partial charge is 0.0737 e. The van der Waals surface area contributed by atoms with Gasteiger partial charge in [0.1, 0.15) is 0 Å². The molecule has 2 N–H and O–H groups in total. The number of aromatic amines is 2. The topological polar surface area (TPSA) is 57.4 Å².